The molecule has 0 N–H and O–H groups in total. The molecule has 0 aliphatic rings. The van der Waals surface area contributed by atoms with Gasteiger partial charge in [-0.3, -0.25) is 24.3 Å². The van der Waals surface area contributed by atoms with Crippen LogP contribution in [0, 0.1) is 10.1 Å². The van der Waals surface area contributed by atoms with Crippen molar-refractivity contribution < 1.29 is 9.66 Å². The van der Waals surface area contributed by atoms with Crippen LogP contribution in [0.3, 0.4) is 0 Å². The summed E-state index contributed by atoms with van der Waals surface area (Å²) in [6, 6.07) is 20.5. The Balaban J connectivity index is 1.73. The molecule has 2 aromatic heterocycles. The van der Waals surface area contributed by atoms with Gasteiger partial charge < -0.3 is 9.30 Å². The van der Waals surface area contributed by atoms with Gasteiger partial charge in [-0.25, -0.2) is 4.98 Å². The molecule has 0 unspecified atom stereocenters. The normalized spacial score (nSPS) is 11.2. The topological polar surface area (TPSA) is 109 Å². The van der Waals surface area contributed by atoms with Crippen molar-refractivity contribution in [1.29, 1.82) is 0 Å². The predicted molar refractivity (Wildman–Crippen MR) is 138 cm³/mol. The quantitative estimate of drug-likeness (QED) is 0.205. The summed E-state index contributed by atoms with van der Waals surface area (Å²) < 4.78 is 8.42. The van der Waals surface area contributed by atoms with Crippen molar-refractivity contribution >= 4 is 27.6 Å². The van der Waals surface area contributed by atoms with Crippen molar-refractivity contribution in [2.24, 2.45) is 7.05 Å². The summed E-state index contributed by atoms with van der Waals surface area (Å²) >= 11 is 0. The van der Waals surface area contributed by atoms with Gasteiger partial charge in [0.05, 0.1) is 17.5 Å². The van der Waals surface area contributed by atoms with Crippen molar-refractivity contribution in [1.82, 2.24) is 14.1 Å². The van der Waals surface area contributed by atoms with Gasteiger partial charge in [-0.1, -0.05) is 24.3 Å². The molecular weight excluding hydrogens is 460 g/mol. The highest BCUT2D eigenvalue weighted by molar-refractivity contribution is 5.91. The van der Waals surface area contributed by atoms with Crippen molar-refractivity contribution in [3.05, 3.63) is 109 Å². The number of nitro benzene ring substituents is 1. The second-order valence-electron chi connectivity index (χ2n) is 8.40. The minimum absolute atomic E-state index is 0.0107. The van der Waals surface area contributed by atoms with Gasteiger partial charge in [0.15, 0.2) is 5.65 Å². The van der Waals surface area contributed by atoms with E-state index in [4.69, 9.17) is 9.72 Å². The minimum atomic E-state index is -0.482. The first-order valence-corrected chi connectivity index (χ1v) is 11.3. The second-order valence-corrected chi connectivity index (χ2v) is 8.40. The van der Waals surface area contributed by atoms with Crippen LogP contribution < -0.4 is 15.7 Å². The number of methoxy groups -OCH3 is 1. The Morgan fingerprint density at radius 1 is 0.972 bits per heavy atom. The fraction of sp³-hybridized carbons (Fsp3) is 0.148. The largest absolute Gasteiger partial charge is 0.497 e. The number of ether oxygens (including phenoxy) is 1. The Labute approximate surface area is 205 Å². The van der Waals surface area contributed by atoms with E-state index in [0.29, 0.717) is 28.7 Å². The number of fused-ring (bicyclic) bond motifs is 2. The maximum Gasteiger partial charge on any atom is 0.269 e. The van der Waals surface area contributed by atoms with Crippen LogP contribution >= 0.6 is 0 Å². The maximum absolute atomic E-state index is 13.8. The number of non-ortho nitro benzene ring substituents is 1. The number of hydrogen-bond acceptors (Lipinski definition) is 6. The van der Waals surface area contributed by atoms with Crippen molar-refractivity contribution in [2.45, 2.75) is 13.0 Å². The lowest BCUT2D eigenvalue weighted by atomic mass is 10.1. The van der Waals surface area contributed by atoms with Gasteiger partial charge in [-0.15, -0.1) is 0 Å². The smallest absolute Gasteiger partial charge is 0.269 e. The van der Waals surface area contributed by atoms with Gasteiger partial charge in [0.1, 0.15) is 17.0 Å². The Hall–Kier alpha value is -4.79. The number of aromatic nitrogens is 3. The Morgan fingerprint density at radius 2 is 1.67 bits per heavy atom. The molecule has 2 heterocycles. The van der Waals surface area contributed by atoms with Crippen LogP contribution in [0.4, 0.5) is 5.69 Å². The first kappa shape index (κ1) is 23.0. The Kier molecular flexibility index (Phi) is 5.81. The molecule has 0 aliphatic heterocycles. The number of pyridine rings is 1. The molecule has 5 rings (SSSR count). The molecule has 0 atom stereocenters. The van der Waals surface area contributed by atoms with Gasteiger partial charge in [0.25, 0.3) is 11.2 Å². The van der Waals surface area contributed by atoms with Crippen molar-refractivity contribution in [3.8, 4) is 17.1 Å². The summed E-state index contributed by atoms with van der Waals surface area (Å²) in [5, 5.41) is 11.6. The van der Waals surface area contributed by atoms with Crippen LogP contribution in [0.25, 0.3) is 33.3 Å². The third-order valence-electron chi connectivity index (χ3n) is 6.32. The summed E-state index contributed by atoms with van der Waals surface area (Å²) in [6.45, 7) is 0.260. The van der Waals surface area contributed by atoms with E-state index in [-0.39, 0.29) is 28.7 Å². The molecule has 36 heavy (non-hydrogen) atoms. The SMILES string of the molecule is COc1ccc(CCn2c(-c3ccc([N+](=O)[O-])cc3)nc3c(c(=O)c4ccccc4n3C)c2=O)cc1. The van der Waals surface area contributed by atoms with E-state index in [1.807, 2.05) is 30.3 Å². The zero-order valence-corrected chi connectivity index (χ0v) is 19.7. The van der Waals surface area contributed by atoms with Gasteiger partial charge in [-0.2, -0.15) is 0 Å². The molecule has 0 fully saturated rings. The number of aryl methyl sites for hydroxylation is 2. The van der Waals surface area contributed by atoms with Crippen LogP contribution in [-0.4, -0.2) is 26.2 Å². The summed E-state index contributed by atoms with van der Waals surface area (Å²) in [5.74, 6) is 1.06. The first-order valence-electron chi connectivity index (χ1n) is 11.3. The van der Waals surface area contributed by atoms with Crippen LogP contribution in [0.2, 0.25) is 0 Å². The number of nitrogens with zero attached hydrogens (tertiary/aromatic N) is 4. The summed E-state index contributed by atoms with van der Waals surface area (Å²) in [5.41, 5.74) is 1.55. The third kappa shape index (κ3) is 3.90. The van der Waals surface area contributed by atoms with Crippen LogP contribution in [0.1, 0.15) is 5.56 Å². The van der Waals surface area contributed by atoms with Gasteiger partial charge in [-0.05, 0) is 48.4 Å². The fourth-order valence-corrected chi connectivity index (χ4v) is 4.38. The Bertz CT molecular complexity index is 1740. The van der Waals surface area contributed by atoms with E-state index < -0.39 is 10.5 Å². The van der Waals surface area contributed by atoms with Gasteiger partial charge in [0, 0.05) is 36.7 Å². The Morgan fingerprint density at radius 3 is 2.33 bits per heavy atom. The van der Waals surface area contributed by atoms with Crippen LogP contribution in [0.15, 0.2) is 82.4 Å². The van der Waals surface area contributed by atoms with Crippen molar-refractivity contribution in [3.63, 3.8) is 0 Å². The monoisotopic (exact) mass is 482 g/mol. The number of benzene rings is 3. The number of rotatable bonds is 6. The lowest BCUT2D eigenvalue weighted by Crippen LogP contribution is -2.29. The van der Waals surface area contributed by atoms with E-state index in [0.717, 1.165) is 11.3 Å². The molecule has 3 aromatic carbocycles. The molecule has 0 saturated carbocycles. The zero-order chi connectivity index (χ0) is 25.4. The zero-order valence-electron chi connectivity index (χ0n) is 19.7. The summed E-state index contributed by atoms with van der Waals surface area (Å²) in [7, 11) is 3.36. The van der Waals surface area contributed by atoms with Crippen molar-refractivity contribution in [2.75, 3.05) is 7.11 Å². The molecule has 180 valence electrons. The average molecular weight is 482 g/mol. The number of para-hydroxylation sites is 1. The standard InChI is InChI=1S/C27H22N4O5/c1-29-22-6-4-3-5-21(22)24(32)23-26(29)28-25(18-9-11-19(12-10-18)31(34)35)30(27(23)33)16-15-17-7-13-20(36-2)14-8-17/h3-14H,15-16H2,1-2H3. The summed E-state index contributed by atoms with van der Waals surface area (Å²) in [6.07, 6.45) is 0.505. The van der Waals surface area contributed by atoms with E-state index >= 15 is 0 Å². The highest BCUT2D eigenvalue weighted by atomic mass is 16.6. The molecule has 0 aliphatic carbocycles. The molecule has 0 amide bonds. The average Bonchev–Trinajstić information content (AvgIpc) is 2.91. The van der Waals surface area contributed by atoms with Gasteiger partial charge in [0.2, 0.25) is 5.43 Å². The lowest BCUT2D eigenvalue weighted by Gasteiger charge is -2.16. The van der Waals surface area contributed by atoms with Crippen LogP contribution in [0.5, 0.6) is 5.75 Å². The van der Waals surface area contributed by atoms with E-state index in [2.05, 4.69) is 0 Å². The molecule has 5 aromatic rings. The minimum Gasteiger partial charge on any atom is -0.497 e. The van der Waals surface area contributed by atoms with E-state index in [1.165, 1.54) is 16.7 Å². The lowest BCUT2D eigenvalue weighted by molar-refractivity contribution is -0.384. The second kappa shape index (κ2) is 9.10. The molecule has 9 heteroatoms. The highest BCUT2D eigenvalue weighted by Gasteiger charge is 2.19. The molecule has 0 saturated heterocycles. The maximum atomic E-state index is 13.8. The predicted octanol–water partition coefficient (Wildman–Crippen LogP) is 4.07. The molecule has 0 bridgehead atoms. The number of hydrogen-bond donors (Lipinski definition) is 0. The first-order chi connectivity index (χ1) is 17.4. The molecule has 9 nitrogen and oxygen atoms in total. The summed E-state index contributed by atoms with van der Waals surface area (Å²) in [4.78, 5) is 42.6. The van der Waals surface area contributed by atoms with E-state index in [9.17, 15) is 19.7 Å². The number of nitro groups is 1. The molecular formula is C27H22N4O5. The van der Waals surface area contributed by atoms with Gasteiger partial charge >= 0.3 is 0 Å². The van der Waals surface area contributed by atoms with Crippen LogP contribution in [-0.2, 0) is 20.0 Å². The molecule has 0 spiro atoms. The fourth-order valence-electron chi connectivity index (χ4n) is 4.38. The highest BCUT2D eigenvalue weighted by Crippen LogP contribution is 2.23. The third-order valence-corrected chi connectivity index (χ3v) is 6.32. The van der Waals surface area contributed by atoms with E-state index in [1.54, 1.807) is 49.1 Å². The molecule has 0 radical (unpaired) electrons.